The second-order valence-corrected chi connectivity index (χ2v) is 4.97. The van der Waals surface area contributed by atoms with Crippen LogP contribution in [-0.2, 0) is 10.1 Å². The fourth-order valence-electron chi connectivity index (χ4n) is 1.85. The summed E-state index contributed by atoms with van der Waals surface area (Å²) >= 11 is 0. The smallest absolute Gasteiger partial charge is 0.297 e. The highest BCUT2D eigenvalue weighted by Gasteiger charge is 2.18. The van der Waals surface area contributed by atoms with Crippen LogP contribution in [0.15, 0.2) is 35.2 Å². The van der Waals surface area contributed by atoms with Crippen LogP contribution >= 0.6 is 0 Å². The predicted molar refractivity (Wildman–Crippen MR) is 67.7 cm³/mol. The van der Waals surface area contributed by atoms with E-state index in [-0.39, 0.29) is 10.6 Å². The van der Waals surface area contributed by atoms with Crippen molar-refractivity contribution in [1.82, 2.24) is 0 Å². The molecule has 0 saturated carbocycles. The Labute approximate surface area is 99.0 Å². The van der Waals surface area contributed by atoms with E-state index in [0.29, 0.717) is 10.8 Å². The molecule has 2 rings (SSSR count). The molecule has 0 fully saturated rings. The summed E-state index contributed by atoms with van der Waals surface area (Å²) in [5.41, 5.74) is 6.41. The van der Waals surface area contributed by atoms with Gasteiger partial charge in [-0.15, -0.1) is 0 Å². The van der Waals surface area contributed by atoms with Crippen molar-refractivity contribution in [3.05, 3.63) is 30.3 Å². The van der Waals surface area contributed by atoms with Gasteiger partial charge in [-0.1, -0.05) is 18.2 Å². The summed E-state index contributed by atoms with van der Waals surface area (Å²) in [4.78, 5) is -0.243. The van der Waals surface area contributed by atoms with Crippen LogP contribution in [0.1, 0.15) is 0 Å². The van der Waals surface area contributed by atoms with Gasteiger partial charge in [0, 0.05) is 23.5 Å². The fourth-order valence-corrected chi connectivity index (χ4v) is 2.67. The monoisotopic (exact) mass is 252 g/mol. The molecule has 0 aliphatic heterocycles. The van der Waals surface area contributed by atoms with Gasteiger partial charge in [0.1, 0.15) is 4.90 Å². The minimum Gasteiger partial charge on any atom is -0.398 e. The maximum atomic E-state index is 11.3. The average molecular weight is 252 g/mol. The van der Waals surface area contributed by atoms with Crippen LogP contribution in [0.25, 0.3) is 10.8 Å². The Morgan fingerprint density at radius 2 is 1.88 bits per heavy atom. The lowest BCUT2D eigenvalue weighted by Crippen LogP contribution is -2.04. The van der Waals surface area contributed by atoms with Gasteiger partial charge >= 0.3 is 0 Å². The molecular weight excluding hydrogens is 240 g/mol. The Bertz CT molecular complexity index is 680. The zero-order chi connectivity index (χ0) is 12.6. The van der Waals surface area contributed by atoms with Crippen LogP contribution in [0.2, 0.25) is 0 Å². The van der Waals surface area contributed by atoms with Crippen molar-refractivity contribution in [3.63, 3.8) is 0 Å². The summed E-state index contributed by atoms with van der Waals surface area (Å²) in [6, 6.07) is 8.29. The lowest BCUT2D eigenvalue weighted by molar-refractivity contribution is 0.484. The Morgan fingerprint density at radius 1 is 1.18 bits per heavy atom. The van der Waals surface area contributed by atoms with Crippen molar-refractivity contribution in [2.75, 3.05) is 18.1 Å². The highest BCUT2D eigenvalue weighted by atomic mass is 32.2. The third-order valence-electron chi connectivity index (χ3n) is 2.57. The molecule has 0 unspecified atom stereocenters. The summed E-state index contributed by atoms with van der Waals surface area (Å²) < 4.78 is 31.8. The summed E-state index contributed by atoms with van der Waals surface area (Å²) in [5.74, 6) is 0. The molecule has 90 valence electrons. The zero-order valence-electron chi connectivity index (χ0n) is 9.14. The van der Waals surface area contributed by atoms with Gasteiger partial charge in [-0.3, -0.25) is 4.55 Å². The van der Waals surface area contributed by atoms with Gasteiger partial charge < -0.3 is 11.1 Å². The Hall–Kier alpha value is -1.79. The average Bonchev–Trinajstić information content (AvgIpc) is 2.25. The van der Waals surface area contributed by atoms with Crippen LogP contribution in [0, 0.1) is 0 Å². The van der Waals surface area contributed by atoms with Crippen LogP contribution in [0.4, 0.5) is 11.4 Å². The summed E-state index contributed by atoms with van der Waals surface area (Å²) in [7, 11) is -2.60. The first kappa shape index (κ1) is 11.7. The molecule has 17 heavy (non-hydrogen) atoms. The zero-order valence-corrected chi connectivity index (χ0v) is 9.95. The van der Waals surface area contributed by atoms with E-state index in [1.165, 1.54) is 6.07 Å². The molecule has 0 aliphatic rings. The van der Waals surface area contributed by atoms with Gasteiger partial charge in [0.15, 0.2) is 0 Å². The van der Waals surface area contributed by atoms with Gasteiger partial charge in [0.2, 0.25) is 0 Å². The van der Waals surface area contributed by atoms with E-state index >= 15 is 0 Å². The number of hydrogen-bond acceptors (Lipinski definition) is 4. The van der Waals surface area contributed by atoms with Gasteiger partial charge in [-0.2, -0.15) is 8.42 Å². The van der Waals surface area contributed by atoms with Crippen molar-refractivity contribution in [1.29, 1.82) is 0 Å². The predicted octanol–water partition coefficient (Wildman–Crippen LogP) is 1.71. The molecule has 0 atom stereocenters. The van der Waals surface area contributed by atoms with E-state index in [4.69, 9.17) is 5.73 Å². The summed E-state index contributed by atoms with van der Waals surface area (Å²) in [5, 5.41) is 4.04. The minimum absolute atomic E-state index is 0.0354. The standard InChI is InChI=1S/C11H12N2O3S/c1-13-10-4-2-3-8-7(10)5-6-9(12)11(8)17(14,15)16/h2-6,13H,12H2,1H3,(H,14,15,16). The Balaban J connectivity index is 2.98. The molecule has 2 aromatic carbocycles. The van der Waals surface area contributed by atoms with Crippen LogP contribution in [0.3, 0.4) is 0 Å². The molecule has 0 aliphatic carbocycles. The quantitative estimate of drug-likeness (QED) is 0.559. The molecule has 2 aromatic rings. The first-order valence-electron chi connectivity index (χ1n) is 4.91. The molecule has 0 bridgehead atoms. The number of nitrogen functional groups attached to an aromatic ring is 1. The third kappa shape index (κ3) is 1.92. The topological polar surface area (TPSA) is 92.4 Å². The normalized spacial score (nSPS) is 11.6. The Morgan fingerprint density at radius 3 is 2.47 bits per heavy atom. The number of nitrogens with two attached hydrogens (primary N) is 1. The fraction of sp³-hybridized carbons (Fsp3) is 0.0909. The van der Waals surface area contributed by atoms with E-state index in [2.05, 4.69) is 5.32 Å². The number of benzene rings is 2. The molecule has 0 aromatic heterocycles. The van der Waals surface area contributed by atoms with Crippen LogP contribution in [-0.4, -0.2) is 20.0 Å². The second-order valence-electron chi connectivity index (χ2n) is 3.61. The van der Waals surface area contributed by atoms with Gasteiger partial charge in [-0.05, 0) is 12.1 Å². The summed E-state index contributed by atoms with van der Waals surface area (Å²) in [6.45, 7) is 0. The van der Waals surface area contributed by atoms with Crippen LogP contribution in [0.5, 0.6) is 0 Å². The largest absolute Gasteiger partial charge is 0.398 e. The van der Waals surface area contributed by atoms with Gasteiger partial charge in [-0.25, -0.2) is 0 Å². The number of rotatable bonds is 2. The van der Waals surface area contributed by atoms with Gasteiger partial charge in [0.25, 0.3) is 10.1 Å². The molecule has 4 N–H and O–H groups in total. The number of anilines is 2. The molecule has 5 nitrogen and oxygen atoms in total. The maximum absolute atomic E-state index is 11.3. The summed E-state index contributed by atoms with van der Waals surface area (Å²) in [6.07, 6.45) is 0. The maximum Gasteiger partial charge on any atom is 0.297 e. The minimum atomic E-state index is -4.34. The van der Waals surface area contributed by atoms with Crippen molar-refractivity contribution in [2.45, 2.75) is 4.90 Å². The van der Waals surface area contributed by atoms with E-state index in [0.717, 1.165) is 5.69 Å². The first-order chi connectivity index (χ1) is 7.95. The van der Waals surface area contributed by atoms with Crippen molar-refractivity contribution in [2.24, 2.45) is 0 Å². The number of fused-ring (bicyclic) bond motifs is 1. The lowest BCUT2D eigenvalue weighted by atomic mass is 10.1. The molecule has 0 heterocycles. The molecular formula is C11H12N2O3S. The Kier molecular flexibility index (Phi) is 2.68. The van der Waals surface area contributed by atoms with E-state index < -0.39 is 10.1 Å². The first-order valence-corrected chi connectivity index (χ1v) is 6.35. The van der Waals surface area contributed by atoms with Gasteiger partial charge in [0.05, 0.1) is 5.69 Å². The highest BCUT2D eigenvalue weighted by Crippen LogP contribution is 2.32. The molecule has 0 saturated heterocycles. The second kappa shape index (κ2) is 3.90. The number of hydrogen-bond donors (Lipinski definition) is 3. The highest BCUT2D eigenvalue weighted by molar-refractivity contribution is 7.86. The SMILES string of the molecule is CNc1cccc2c(S(=O)(=O)O)c(N)ccc12. The van der Waals surface area contributed by atoms with E-state index in [9.17, 15) is 13.0 Å². The van der Waals surface area contributed by atoms with E-state index in [1.54, 1.807) is 25.2 Å². The molecule has 0 spiro atoms. The lowest BCUT2D eigenvalue weighted by Gasteiger charge is -2.10. The third-order valence-corrected chi connectivity index (χ3v) is 3.54. The van der Waals surface area contributed by atoms with Crippen molar-refractivity contribution >= 4 is 32.3 Å². The molecule has 0 amide bonds. The van der Waals surface area contributed by atoms with Crippen molar-refractivity contribution in [3.8, 4) is 0 Å². The van der Waals surface area contributed by atoms with E-state index in [1.807, 2.05) is 6.07 Å². The van der Waals surface area contributed by atoms with Crippen molar-refractivity contribution < 1.29 is 13.0 Å². The molecule has 0 radical (unpaired) electrons. The molecule has 6 heteroatoms. The van der Waals surface area contributed by atoms with Crippen LogP contribution < -0.4 is 11.1 Å². The number of nitrogens with one attached hydrogen (secondary N) is 1.